The first-order chi connectivity index (χ1) is 9.81. The van der Waals surface area contributed by atoms with Gasteiger partial charge in [0, 0.05) is 24.6 Å². The van der Waals surface area contributed by atoms with Gasteiger partial charge in [-0.1, -0.05) is 19.3 Å². The van der Waals surface area contributed by atoms with Gasteiger partial charge in [-0.15, -0.1) is 0 Å². The fourth-order valence-electron chi connectivity index (χ4n) is 4.69. The lowest BCUT2D eigenvalue weighted by Gasteiger charge is -2.42. The maximum atomic E-state index is 9.77. The lowest BCUT2D eigenvalue weighted by atomic mass is 9.85. The molecule has 0 atom stereocenters. The zero-order valence-corrected chi connectivity index (χ0v) is 13.0. The molecule has 20 heavy (non-hydrogen) atoms. The normalized spacial score (nSPS) is 29.9. The van der Waals surface area contributed by atoms with Gasteiger partial charge in [0.1, 0.15) is 0 Å². The monoisotopic (exact) mass is 280 g/mol. The molecule has 0 aromatic carbocycles. The Labute approximate surface area is 124 Å². The second kappa shape index (κ2) is 6.76. The first-order valence-corrected chi connectivity index (χ1v) is 8.89. The van der Waals surface area contributed by atoms with Crippen molar-refractivity contribution in [3.8, 4) is 0 Å². The molecule has 1 saturated carbocycles. The lowest BCUT2D eigenvalue weighted by molar-refractivity contribution is 0.0428. The van der Waals surface area contributed by atoms with Gasteiger partial charge in [-0.05, 0) is 64.7 Å². The Morgan fingerprint density at radius 1 is 0.850 bits per heavy atom. The fourth-order valence-corrected chi connectivity index (χ4v) is 4.69. The Hall–Kier alpha value is -0.120. The van der Waals surface area contributed by atoms with E-state index in [-0.39, 0.29) is 5.41 Å². The van der Waals surface area contributed by atoms with Gasteiger partial charge >= 0.3 is 0 Å². The number of likely N-dealkylation sites (tertiary alicyclic amines) is 2. The standard InChI is InChI=1S/C17H32N2O/c20-15-17(8-2-3-9-17)14-18-12-6-16(7-13-18)19-10-4-1-5-11-19/h16,20H,1-15H2. The van der Waals surface area contributed by atoms with Crippen LogP contribution in [0, 0.1) is 5.41 Å². The highest BCUT2D eigenvalue weighted by Crippen LogP contribution is 2.39. The molecule has 0 amide bonds. The number of aliphatic hydroxyl groups is 1. The summed E-state index contributed by atoms with van der Waals surface area (Å²) in [6.45, 7) is 6.73. The van der Waals surface area contributed by atoms with Crippen molar-refractivity contribution >= 4 is 0 Å². The van der Waals surface area contributed by atoms with Gasteiger partial charge in [0.15, 0.2) is 0 Å². The number of nitrogens with zero attached hydrogens (tertiary/aromatic N) is 2. The zero-order valence-electron chi connectivity index (χ0n) is 13.0. The maximum Gasteiger partial charge on any atom is 0.0499 e. The minimum Gasteiger partial charge on any atom is -0.396 e. The molecule has 2 saturated heterocycles. The number of hydrogen-bond donors (Lipinski definition) is 1. The fraction of sp³-hybridized carbons (Fsp3) is 1.00. The van der Waals surface area contributed by atoms with Gasteiger partial charge in [-0.3, -0.25) is 0 Å². The highest BCUT2D eigenvalue weighted by molar-refractivity contribution is 4.89. The van der Waals surface area contributed by atoms with E-state index in [1.165, 1.54) is 84.0 Å². The lowest BCUT2D eigenvalue weighted by Crippen LogP contribution is -2.49. The Morgan fingerprint density at radius 2 is 1.50 bits per heavy atom. The van der Waals surface area contributed by atoms with E-state index < -0.39 is 0 Å². The van der Waals surface area contributed by atoms with Gasteiger partial charge in [-0.25, -0.2) is 0 Å². The summed E-state index contributed by atoms with van der Waals surface area (Å²) in [5.74, 6) is 0. The molecule has 0 aromatic heterocycles. The second-order valence-corrected chi connectivity index (χ2v) is 7.47. The van der Waals surface area contributed by atoms with E-state index in [9.17, 15) is 5.11 Å². The van der Waals surface area contributed by atoms with Gasteiger partial charge < -0.3 is 14.9 Å². The third-order valence-electron chi connectivity index (χ3n) is 6.02. The van der Waals surface area contributed by atoms with Crippen LogP contribution in [0.2, 0.25) is 0 Å². The molecule has 3 nitrogen and oxygen atoms in total. The summed E-state index contributed by atoms with van der Waals surface area (Å²) >= 11 is 0. The molecule has 0 spiro atoms. The Kier molecular flexibility index (Phi) is 5.00. The van der Waals surface area contributed by atoms with Crippen molar-refractivity contribution in [3.05, 3.63) is 0 Å². The molecule has 2 aliphatic heterocycles. The molecule has 3 rings (SSSR count). The molecule has 0 aromatic rings. The van der Waals surface area contributed by atoms with Crippen LogP contribution in [-0.2, 0) is 0 Å². The maximum absolute atomic E-state index is 9.77. The topological polar surface area (TPSA) is 26.7 Å². The van der Waals surface area contributed by atoms with E-state index >= 15 is 0 Å². The van der Waals surface area contributed by atoms with Crippen molar-refractivity contribution in [2.45, 2.75) is 63.8 Å². The van der Waals surface area contributed by atoms with Crippen LogP contribution in [0.3, 0.4) is 0 Å². The molecule has 3 fully saturated rings. The minimum absolute atomic E-state index is 0.248. The predicted octanol–water partition coefficient (Wildman–Crippen LogP) is 2.49. The van der Waals surface area contributed by atoms with Gasteiger partial charge in [-0.2, -0.15) is 0 Å². The van der Waals surface area contributed by atoms with Crippen molar-refractivity contribution in [3.63, 3.8) is 0 Å². The van der Waals surface area contributed by atoms with Crippen LogP contribution in [0.5, 0.6) is 0 Å². The number of hydrogen-bond acceptors (Lipinski definition) is 3. The van der Waals surface area contributed by atoms with E-state index in [0.717, 1.165) is 12.6 Å². The van der Waals surface area contributed by atoms with E-state index in [0.29, 0.717) is 6.61 Å². The van der Waals surface area contributed by atoms with Crippen LogP contribution in [0.15, 0.2) is 0 Å². The van der Waals surface area contributed by atoms with Crippen molar-refractivity contribution in [2.24, 2.45) is 5.41 Å². The number of piperidine rings is 2. The Morgan fingerprint density at radius 3 is 2.10 bits per heavy atom. The van der Waals surface area contributed by atoms with Crippen molar-refractivity contribution < 1.29 is 5.11 Å². The zero-order chi connectivity index (χ0) is 13.8. The summed E-state index contributed by atoms with van der Waals surface area (Å²) in [4.78, 5) is 5.39. The highest BCUT2D eigenvalue weighted by Gasteiger charge is 2.36. The van der Waals surface area contributed by atoms with Crippen molar-refractivity contribution in [2.75, 3.05) is 39.3 Å². The first kappa shape index (κ1) is 14.8. The third-order valence-corrected chi connectivity index (χ3v) is 6.02. The van der Waals surface area contributed by atoms with Crippen LogP contribution in [0.1, 0.15) is 57.8 Å². The summed E-state index contributed by atoms with van der Waals surface area (Å²) in [5.41, 5.74) is 0.248. The minimum atomic E-state index is 0.248. The van der Waals surface area contributed by atoms with Gasteiger partial charge in [0.05, 0.1) is 0 Å². The molecule has 0 unspecified atom stereocenters. The first-order valence-electron chi connectivity index (χ1n) is 8.89. The summed E-state index contributed by atoms with van der Waals surface area (Å²) in [7, 11) is 0. The van der Waals surface area contributed by atoms with E-state index in [2.05, 4.69) is 9.80 Å². The molecule has 0 bridgehead atoms. The second-order valence-electron chi connectivity index (χ2n) is 7.47. The molecule has 2 heterocycles. The molecule has 0 radical (unpaired) electrons. The smallest absolute Gasteiger partial charge is 0.0499 e. The molecule has 3 aliphatic rings. The largest absolute Gasteiger partial charge is 0.396 e. The van der Waals surface area contributed by atoms with Crippen LogP contribution >= 0.6 is 0 Å². The summed E-state index contributed by atoms with van der Waals surface area (Å²) < 4.78 is 0. The predicted molar refractivity (Wildman–Crippen MR) is 82.9 cm³/mol. The van der Waals surface area contributed by atoms with E-state index in [1.54, 1.807) is 0 Å². The Bertz CT molecular complexity index is 287. The van der Waals surface area contributed by atoms with Gasteiger partial charge in [0.2, 0.25) is 0 Å². The average Bonchev–Trinajstić information content (AvgIpc) is 2.98. The van der Waals surface area contributed by atoms with Crippen LogP contribution in [0.4, 0.5) is 0 Å². The van der Waals surface area contributed by atoms with E-state index in [1.807, 2.05) is 0 Å². The molecule has 1 N–H and O–H groups in total. The van der Waals surface area contributed by atoms with Crippen LogP contribution in [-0.4, -0.2) is 60.3 Å². The van der Waals surface area contributed by atoms with Crippen LogP contribution in [0.25, 0.3) is 0 Å². The summed E-state index contributed by atoms with van der Waals surface area (Å²) in [6, 6.07) is 0.847. The summed E-state index contributed by atoms with van der Waals surface area (Å²) in [6.07, 6.45) is 12.1. The average molecular weight is 280 g/mol. The molecular formula is C17H32N2O. The SMILES string of the molecule is OCC1(CN2CCC(N3CCCCC3)CC2)CCCC1. The van der Waals surface area contributed by atoms with Crippen LogP contribution < -0.4 is 0 Å². The number of rotatable bonds is 4. The van der Waals surface area contributed by atoms with Crippen molar-refractivity contribution in [1.29, 1.82) is 0 Å². The molecule has 1 aliphatic carbocycles. The van der Waals surface area contributed by atoms with Gasteiger partial charge in [0.25, 0.3) is 0 Å². The van der Waals surface area contributed by atoms with Crippen molar-refractivity contribution in [1.82, 2.24) is 9.80 Å². The highest BCUT2D eigenvalue weighted by atomic mass is 16.3. The molecule has 3 heteroatoms. The van der Waals surface area contributed by atoms with E-state index in [4.69, 9.17) is 0 Å². The summed E-state index contributed by atoms with van der Waals surface area (Å²) in [5, 5.41) is 9.77. The molecular weight excluding hydrogens is 248 g/mol. The number of aliphatic hydroxyl groups excluding tert-OH is 1. The molecule has 116 valence electrons. The quantitative estimate of drug-likeness (QED) is 0.857. The third kappa shape index (κ3) is 3.37. The Balaban J connectivity index is 1.46.